The summed E-state index contributed by atoms with van der Waals surface area (Å²) in [6.45, 7) is 3.19. The van der Waals surface area contributed by atoms with Gasteiger partial charge in [0.05, 0.1) is 0 Å². The fourth-order valence-electron chi connectivity index (χ4n) is 4.48. The van der Waals surface area contributed by atoms with Crippen LogP contribution in [-0.4, -0.2) is 17.7 Å². The van der Waals surface area contributed by atoms with Crippen molar-refractivity contribution in [3.63, 3.8) is 0 Å². The summed E-state index contributed by atoms with van der Waals surface area (Å²) in [5.41, 5.74) is 4.28. The molecule has 0 aliphatic carbocycles. The van der Waals surface area contributed by atoms with E-state index < -0.39 is 0 Å². The Morgan fingerprint density at radius 2 is 1.54 bits per heavy atom. The van der Waals surface area contributed by atoms with Crippen LogP contribution in [0.4, 0.5) is 0 Å². The summed E-state index contributed by atoms with van der Waals surface area (Å²) in [6, 6.07) is 24.2. The van der Waals surface area contributed by atoms with E-state index in [9.17, 15) is 0 Å². The largest absolute Gasteiger partial charge is 0.343 e. The highest BCUT2D eigenvalue weighted by Crippen LogP contribution is 2.33. The van der Waals surface area contributed by atoms with Crippen LogP contribution >= 0.6 is 0 Å². The summed E-state index contributed by atoms with van der Waals surface area (Å²) in [4.78, 5) is 0. The summed E-state index contributed by atoms with van der Waals surface area (Å²) in [5, 5.41) is 7.60. The van der Waals surface area contributed by atoms with Crippen LogP contribution in [0, 0.1) is 0 Å². The van der Waals surface area contributed by atoms with Gasteiger partial charge in [0.25, 0.3) is 0 Å². The first-order valence-electron chi connectivity index (χ1n) is 9.65. The van der Waals surface area contributed by atoms with Crippen LogP contribution in [0.5, 0.6) is 0 Å². The predicted octanol–water partition coefficient (Wildman–Crippen LogP) is 5.31. The van der Waals surface area contributed by atoms with Gasteiger partial charge in [-0.05, 0) is 59.8 Å². The van der Waals surface area contributed by atoms with E-state index in [-0.39, 0.29) is 0 Å². The van der Waals surface area contributed by atoms with Crippen molar-refractivity contribution in [2.45, 2.75) is 25.3 Å². The van der Waals surface area contributed by atoms with Crippen LogP contribution in [-0.2, 0) is 6.54 Å². The number of hydrogen-bond donors (Lipinski definition) is 1. The molecule has 5 rings (SSSR count). The number of piperidine rings is 1. The van der Waals surface area contributed by atoms with E-state index in [1.807, 2.05) is 0 Å². The second-order valence-electron chi connectivity index (χ2n) is 7.39. The average Bonchev–Trinajstić information content (AvgIpc) is 3.08. The second kappa shape index (κ2) is 6.62. The van der Waals surface area contributed by atoms with Gasteiger partial charge >= 0.3 is 0 Å². The number of nitrogens with zero attached hydrogens (tertiary/aromatic N) is 1. The molecule has 1 aliphatic heterocycles. The molecule has 2 heterocycles. The molecule has 0 amide bonds. The minimum Gasteiger partial charge on any atom is -0.343 e. The van der Waals surface area contributed by atoms with Crippen molar-refractivity contribution >= 4 is 21.7 Å². The van der Waals surface area contributed by atoms with Gasteiger partial charge in [-0.2, -0.15) is 0 Å². The van der Waals surface area contributed by atoms with Crippen LogP contribution < -0.4 is 5.32 Å². The zero-order valence-corrected chi connectivity index (χ0v) is 15.0. The van der Waals surface area contributed by atoms with E-state index in [0.29, 0.717) is 5.92 Å². The predicted molar refractivity (Wildman–Crippen MR) is 110 cm³/mol. The molecule has 0 saturated carbocycles. The lowest BCUT2D eigenvalue weighted by atomic mass is 9.90. The highest BCUT2D eigenvalue weighted by molar-refractivity contribution is 5.87. The van der Waals surface area contributed by atoms with Crippen molar-refractivity contribution in [3.05, 3.63) is 84.1 Å². The van der Waals surface area contributed by atoms with Crippen LogP contribution in [0.1, 0.15) is 29.9 Å². The normalized spacial score (nSPS) is 15.7. The SMILES string of the molecule is c1ccc2c(Cn3cc(C4CCNCC4)c4ccccc43)cccc2c1. The molecule has 4 aromatic rings. The Hall–Kier alpha value is -2.58. The summed E-state index contributed by atoms with van der Waals surface area (Å²) in [5.74, 6) is 0.676. The first kappa shape index (κ1) is 15.7. The number of nitrogens with one attached hydrogen (secondary N) is 1. The number of fused-ring (bicyclic) bond motifs is 2. The smallest absolute Gasteiger partial charge is 0.0486 e. The monoisotopic (exact) mass is 340 g/mol. The van der Waals surface area contributed by atoms with E-state index in [0.717, 1.165) is 19.6 Å². The summed E-state index contributed by atoms with van der Waals surface area (Å²) >= 11 is 0. The average molecular weight is 340 g/mol. The van der Waals surface area contributed by atoms with Crippen molar-refractivity contribution < 1.29 is 0 Å². The third kappa shape index (κ3) is 2.71. The van der Waals surface area contributed by atoms with Crippen molar-refractivity contribution in [1.29, 1.82) is 0 Å². The molecule has 130 valence electrons. The van der Waals surface area contributed by atoms with E-state index in [2.05, 4.69) is 82.8 Å². The minimum absolute atomic E-state index is 0.676. The van der Waals surface area contributed by atoms with Gasteiger partial charge in [-0.25, -0.2) is 0 Å². The fourth-order valence-corrected chi connectivity index (χ4v) is 4.48. The van der Waals surface area contributed by atoms with Gasteiger partial charge < -0.3 is 9.88 Å². The number of hydrogen-bond acceptors (Lipinski definition) is 1. The first-order valence-corrected chi connectivity index (χ1v) is 9.65. The lowest BCUT2D eigenvalue weighted by molar-refractivity contribution is 0.461. The Morgan fingerprint density at radius 3 is 2.42 bits per heavy atom. The molecule has 0 radical (unpaired) electrons. The Bertz CT molecular complexity index is 1050. The van der Waals surface area contributed by atoms with Gasteiger partial charge in [0.15, 0.2) is 0 Å². The van der Waals surface area contributed by atoms with Crippen molar-refractivity contribution in [1.82, 2.24) is 9.88 Å². The van der Waals surface area contributed by atoms with Gasteiger partial charge in [0.1, 0.15) is 0 Å². The van der Waals surface area contributed by atoms with Gasteiger partial charge in [-0.1, -0.05) is 60.7 Å². The molecule has 1 fully saturated rings. The molecule has 26 heavy (non-hydrogen) atoms. The molecular formula is C24H24N2. The maximum absolute atomic E-state index is 3.49. The Labute approximate surface area is 154 Å². The van der Waals surface area contributed by atoms with Crippen molar-refractivity contribution in [3.8, 4) is 0 Å². The van der Waals surface area contributed by atoms with E-state index in [1.54, 1.807) is 0 Å². The number of para-hydroxylation sites is 1. The van der Waals surface area contributed by atoms with Gasteiger partial charge in [-0.3, -0.25) is 0 Å². The maximum Gasteiger partial charge on any atom is 0.0486 e. The van der Waals surface area contributed by atoms with Crippen LogP contribution in [0.15, 0.2) is 72.9 Å². The standard InChI is InChI=1S/C24H24N2/c1-2-9-21-18(6-1)7-5-8-20(21)16-26-17-23(19-12-14-25-15-13-19)22-10-3-4-11-24(22)26/h1-11,17,19,25H,12-16H2. The number of rotatable bonds is 3. The number of benzene rings is 3. The molecule has 3 aromatic carbocycles. The van der Waals surface area contributed by atoms with Crippen molar-refractivity contribution in [2.24, 2.45) is 0 Å². The maximum atomic E-state index is 3.49. The summed E-state index contributed by atoms with van der Waals surface area (Å²) < 4.78 is 2.45. The third-order valence-electron chi connectivity index (χ3n) is 5.82. The van der Waals surface area contributed by atoms with Gasteiger partial charge in [-0.15, -0.1) is 0 Å². The van der Waals surface area contributed by atoms with E-state index in [1.165, 1.54) is 45.6 Å². The first-order chi connectivity index (χ1) is 12.9. The zero-order valence-electron chi connectivity index (χ0n) is 15.0. The Balaban J connectivity index is 1.60. The number of aromatic nitrogens is 1. The van der Waals surface area contributed by atoms with Crippen LogP contribution in [0.25, 0.3) is 21.7 Å². The van der Waals surface area contributed by atoms with Gasteiger partial charge in [0.2, 0.25) is 0 Å². The minimum atomic E-state index is 0.676. The fraction of sp³-hybridized carbons (Fsp3) is 0.250. The summed E-state index contributed by atoms with van der Waals surface area (Å²) in [7, 11) is 0. The van der Waals surface area contributed by atoms with Gasteiger partial charge in [0, 0.05) is 23.6 Å². The molecule has 0 bridgehead atoms. The molecule has 2 heteroatoms. The third-order valence-corrected chi connectivity index (χ3v) is 5.82. The molecule has 1 aliphatic rings. The highest BCUT2D eigenvalue weighted by atomic mass is 15.0. The molecule has 1 saturated heterocycles. The zero-order chi connectivity index (χ0) is 17.3. The molecule has 2 nitrogen and oxygen atoms in total. The Morgan fingerprint density at radius 1 is 0.808 bits per heavy atom. The Kier molecular flexibility index (Phi) is 3.99. The molecule has 0 spiro atoms. The molecule has 0 atom stereocenters. The van der Waals surface area contributed by atoms with Crippen LogP contribution in [0.2, 0.25) is 0 Å². The lowest BCUT2D eigenvalue weighted by Gasteiger charge is -2.22. The molecule has 1 N–H and O–H groups in total. The second-order valence-corrected chi connectivity index (χ2v) is 7.39. The molecule has 0 unspecified atom stereocenters. The molecule has 1 aromatic heterocycles. The highest BCUT2D eigenvalue weighted by Gasteiger charge is 2.20. The lowest BCUT2D eigenvalue weighted by Crippen LogP contribution is -2.26. The van der Waals surface area contributed by atoms with Crippen LogP contribution in [0.3, 0.4) is 0 Å². The van der Waals surface area contributed by atoms with Crippen molar-refractivity contribution in [2.75, 3.05) is 13.1 Å². The topological polar surface area (TPSA) is 17.0 Å². The quantitative estimate of drug-likeness (QED) is 0.535. The van der Waals surface area contributed by atoms with E-state index in [4.69, 9.17) is 0 Å². The van der Waals surface area contributed by atoms with E-state index >= 15 is 0 Å². The molecular weight excluding hydrogens is 316 g/mol. The summed E-state index contributed by atoms with van der Waals surface area (Å²) in [6.07, 6.45) is 4.90.